The summed E-state index contributed by atoms with van der Waals surface area (Å²) in [5, 5.41) is 11.1. The molecule has 4 aromatic heterocycles. The number of rotatable bonds is 14. The molecule has 26 rings (SSSR count). The van der Waals surface area contributed by atoms with Crippen molar-refractivity contribution in [3.8, 4) is 67.0 Å². The van der Waals surface area contributed by atoms with Gasteiger partial charge in [-0.05, 0) is 208 Å². The van der Waals surface area contributed by atoms with Crippen molar-refractivity contribution in [2.45, 2.75) is 10.8 Å². The Kier molecular flexibility index (Phi) is 19.4. The van der Waals surface area contributed by atoms with Crippen LogP contribution in [0.15, 0.2) is 504 Å². The molecule has 4 nitrogen and oxygen atoms in total. The standard InChI is InChI=1S/C67H44N2S.C32H22N2S.C25H18/c1-4-20-48(21-5-1)67(49-22-6-2-7-23-49)61-32-14-12-27-57(61)58-43-42-53(44-62(58)67)68(51-38-34-46(35-39-51)55-29-16-19-45-18-10-11-26-54(45)55)52-40-36-47(37-41-52)56-30-17-31-60-64-66(70-65(56)60)59-28-13-15-33-63(59)69(64)50-24-8-3-9-25-50;1-3-10-23(11-4-1)33-24-20-18-22(19-21-24)26-15-9-16-28-30-32(35-31(26)28)27-14-7-8-17-29(27)34(30)25-12-5-2-6-13-25;1-3-11-19(12-4-1)25(20-13-5-2-6-14-20)23-17-9-7-15-21(23)22-16-8-10-18-24(22)25/h1-44H;1-21,33H;1-18H. The van der Waals surface area contributed by atoms with Crippen molar-refractivity contribution >= 4 is 124 Å². The van der Waals surface area contributed by atoms with Crippen LogP contribution in [0.4, 0.5) is 28.4 Å². The summed E-state index contributed by atoms with van der Waals surface area (Å²) in [6.07, 6.45) is 0. The van der Waals surface area contributed by atoms with E-state index in [-0.39, 0.29) is 5.41 Å². The molecule has 1 N–H and O–H groups in total. The number of hydrogen-bond donors (Lipinski definition) is 1. The summed E-state index contributed by atoms with van der Waals surface area (Å²) in [5.74, 6) is 0. The van der Waals surface area contributed by atoms with Gasteiger partial charge in [-0.25, -0.2) is 0 Å². The molecule has 20 aromatic carbocycles. The normalized spacial score (nSPS) is 12.6. The fourth-order valence-electron chi connectivity index (χ4n) is 21.0. The first-order valence-corrected chi connectivity index (χ1v) is 46.2. The van der Waals surface area contributed by atoms with Gasteiger partial charge < -0.3 is 19.4 Å². The summed E-state index contributed by atoms with van der Waals surface area (Å²) in [6, 6.07) is 183. The first kappa shape index (κ1) is 77.4. The Morgan fingerprint density at radius 2 is 0.515 bits per heavy atom. The van der Waals surface area contributed by atoms with E-state index in [2.05, 4.69) is 505 Å². The Balaban J connectivity index is 0.000000128. The number of hydrogen-bond acceptors (Lipinski definition) is 4. The first-order chi connectivity index (χ1) is 64.5. The Hall–Kier alpha value is -16.2. The molecular formula is C124H84N4S2. The number of nitrogens with zero attached hydrogens (tertiary/aromatic N) is 3. The molecule has 130 heavy (non-hydrogen) atoms. The molecule has 6 heteroatoms. The minimum Gasteiger partial charge on any atom is -0.356 e. The molecule has 0 fully saturated rings. The Morgan fingerprint density at radius 3 is 0.969 bits per heavy atom. The van der Waals surface area contributed by atoms with Crippen LogP contribution in [0.3, 0.4) is 0 Å². The van der Waals surface area contributed by atoms with Gasteiger partial charge in [0.15, 0.2) is 0 Å². The van der Waals surface area contributed by atoms with Gasteiger partial charge in [-0.15, -0.1) is 22.7 Å². The second kappa shape index (κ2) is 32.6. The number of fused-ring (bicyclic) bond motifs is 17. The Bertz CT molecular complexity index is 8200. The van der Waals surface area contributed by atoms with Crippen LogP contribution in [-0.2, 0) is 10.8 Å². The summed E-state index contributed by atoms with van der Waals surface area (Å²) in [5.41, 5.74) is 35.2. The van der Waals surface area contributed by atoms with Gasteiger partial charge in [-0.1, -0.05) is 406 Å². The van der Waals surface area contributed by atoms with Crippen LogP contribution in [0.25, 0.3) is 140 Å². The fraction of sp³-hybridized carbons (Fsp3) is 0.0161. The van der Waals surface area contributed by atoms with E-state index >= 15 is 0 Å². The zero-order valence-electron chi connectivity index (χ0n) is 71.1. The highest BCUT2D eigenvalue weighted by molar-refractivity contribution is 7.27. The van der Waals surface area contributed by atoms with E-state index in [1.54, 1.807) is 0 Å². The van der Waals surface area contributed by atoms with Gasteiger partial charge in [0.05, 0.1) is 42.3 Å². The molecule has 2 aliphatic rings. The maximum Gasteiger partial charge on any atom is 0.0727 e. The maximum atomic E-state index is 3.48. The summed E-state index contributed by atoms with van der Waals surface area (Å²) in [6.45, 7) is 0. The Morgan fingerprint density at radius 1 is 0.208 bits per heavy atom. The first-order valence-electron chi connectivity index (χ1n) is 44.6. The van der Waals surface area contributed by atoms with Gasteiger partial charge in [0.25, 0.3) is 0 Å². The zero-order chi connectivity index (χ0) is 86.1. The van der Waals surface area contributed by atoms with Crippen LogP contribution in [-0.4, -0.2) is 9.13 Å². The Labute approximate surface area is 763 Å². The fourth-order valence-corrected chi connectivity index (χ4v) is 23.7. The quantitative estimate of drug-likeness (QED) is 0.117. The molecule has 0 bridgehead atoms. The molecule has 0 aliphatic heterocycles. The van der Waals surface area contributed by atoms with E-state index in [9.17, 15) is 0 Å². The van der Waals surface area contributed by atoms with Crippen LogP contribution in [0.1, 0.15) is 44.5 Å². The number of thiophene rings is 2. The van der Waals surface area contributed by atoms with E-state index < -0.39 is 5.41 Å². The molecule has 612 valence electrons. The largest absolute Gasteiger partial charge is 0.356 e. The van der Waals surface area contributed by atoms with Gasteiger partial charge in [0.1, 0.15) is 0 Å². The molecule has 0 amide bonds. The lowest BCUT2D eigenvalue weighted by molar-refractivity contribution is 0.768. The summed E-state index contributed by atoms with van der Waals surface area (Å²) < 4.78 is 10.1. The highest BCUT2D eigenvalue weighted by Crippen LogP contribution is 2.60. The lowest BCUT2D eigenvalue weighted by atomic mass is 9.67. The summed E-state index contributed by atoms with van der Waals surface area (Å²) in [7, 11) is 0. The monoisotopic (exact) mass is 1690 g/mol. The smallest absolute Gasteiger partial charge is 0.0727 e. The number of aromatic nitrogens is 2. The van der Waals surface area contributed by atoms with E-state index in [1.165, 1.54) is 185 Å². The number of para-hydroxylation sites is 5. The van der Waals surface area contributed by atoms with Crippen molar-refractivity contribution in [1.82, 2.24) is 9.13 Å². The number of anilines is 5. The topological polar surface area (TPSA) is 25.1 Å². The molecular weight excluding hydrogens is 1610 g/mol. The predicted molar refractivity (Wildman–Crippen MR) is 552 cm³/mol. The summed E-state index contributed by atoms with van der Waals surface area (Å²) >= 11 is 3.80. The van der Waals surface area contributed by atoms with Crippen molar-refractivity contribution in [2.75, 3.05) is 10.2 Å². The van der Waals surface area contributed by atoms with Crippen LogP contribution >= 0.6 is 22.7 Å². The molecule has 0 unspecified atom stereocenters. The average molecular weight is 1690 g/mol. The molecule has 2 aliphatic carbocycles. The van der Waals surface area contributed by atoms with Gasteiger partial charge >= 0.3 is 0 Å². The molecule has 24 aromatic rings. The van der Waals surface area contributed by atoms with E-state index in [1.807, 2.05) is 40.9 Å². The van der Waals surface area contributed by atoms with E-state index in [4.69, 9.17) is 0 Å². The number of nitrogens with one attached hydrogen (secondary N) is 1. The van der Waals surface area contributed by atoms with Gasteiger partial charge in [-0.2, -0.15) is 0 Å². The van der Waals surface area contributed by atoms with Gasteiger partial charge in [0, 0.05) is 70.8 Å². The average Bonchev–Trinajstić information content (AvgIpc) is 1.54. The molecule has 0 radical (unpaired) electrons. The van der Waals surface area contributed by atoms with Crippen LogP contribution < -0.4 is 10.2 Å². The third kappa shape index (κ3) is 12.8. The lowest BCUT2D eigenvalue weighted by Crippen LogP contribution is -2.28. The third-order valence-corrected chi connectivity index (χ3v) is 29.1. The van der Waals surface area contributed by atoms with Crippen LogP contribution in [0.2, 0.25) is 0 Å². The van der Waals surface area contributed by atoms with Crippen molar-refractivity contribution < 1.29 is 0 Å². The SMILES string of the molecule is c1ccc(-n2c3ccccc3c3sc4c(-c5ccc(N(c6ccc(-c7cccc8ccccc78)cc6)c6ccc7c(c6)C(c6ccccc6)(c6ccccc6)c6ccccc6-7)cc5)cccc4c32)cc1.c1ccc(C2(c3ccccc3)c3ccccc3-c3ccccc32)cc1.c1ccc(Nc2ccc(-c3cccc4c3sc3c5ccccc5n(-c5ccccc5)c43)cc2)cc1. The van der Waals surface area contributed by atoms with Crippen molar-refractivity contribution in [3.05, 3.63) is 548 Å². The second-order valence-corrected chi connectivity index (χ2v) is 35.7. The minimum atomic E-state index is -0.519. The molecule has 0 atom stereocenters. The van der Waals surface area contributed by atoms with Crippen LogP contribution in [0.5, 0.6) is 0 Å². The predicted octanol–water partition coefficient (Wildman–Crippen LogP) is 33.8. The number of benzene rings is 20. The highest BCUT2D eigenvalue weighted by atomic mass is 32.1. The maximum absolute atomic E-state index is 3.48. The van der Waals surface area contributed by atoms with Gasteiger partial charge in [-0.3, -0.25) is 0 Å². The lowest BCUT2D eigenvalue weighted by Gasteiger charge is -2.35. The van der Waals surface area contributed by atoms with Crippen molar-refractivity contribution in [1.29, 1.82) is 0 Å². The van der Waals surface area contributed by atoms with E-state index in [0.29, 0.717) is 0 Å². The third-order valence-electron chi connectivity index (χ3n) is 26.6. The van der Waals surface area contributed by atoms with Crippen molar-refractivity contribution in [2.24, 2.45) is 0 Å². The molecule has 0 spiro atoms. The molecule has 0 saturated carbocycles. The zero-order valence-corrected chi connectivity index (χ0v) is 72.7. The highest BCUT2D eigenvalue weighted by Gasteiger charge is 2.48. The second-order valence-electron chi connectivity index (χ2n) is 33.7. The van der Waals surface area contributed by atoms with Crippen molar-refractivity contribution in [3.63, 3.8) is 0 Å². The molecule has 0 saturated heterocycles. The molecule has 4 heterocycles. The minimum absolute atomic E-state index is 0.254. The van der Waals surface area contributed by atoms with Crippen LogP contribution in [0, 0.1) is 0 Å². The van der Waals surface area contributed by atoms with E-state index in [0.717, 1.165) is 28.4 Å². The summed E-state index contributed by atoms with van der Waals surface area (Å²) in [4.78, 5) is 2.44. The van der Waals surface area contributed by atoms with Gasteiger partial charge in [0.2, 0.25) is 0 Å².